The van der Waals surface area contributed by atoms with Gasteiger partial charge in [0.15, 0.2) is 5.54 Å². The summed E-state index contributed by atoms with van der Waals surface area (Å²) < 4.78 is 50.5. The first-order valence-electron chi connectivity index (χ1n) is 4.48. The Labute approximate surface area is 93.8 Å². The van der Waals surface area contributed by atoms with Crippen LogP contribution in [-0.4, -0.2) is 17.8 Å². The summed E-state index contributed by atoms with van der Waals surface area (Å²) in [6.07, 6.45) is -4.79. The number of alkyl halides is 4. The van der Waals surface area contributed by atoms with Crippen molar-refractivity contribution in [3.63, 3.8) is 0 Å². The van der Waals surface area contributed by atoms with Gasteiger partial charge < -0.3 is 10.8 Å². The number of aliphatic carboxylic acids is 1. The number of carbonyl (C=O) groups is 1. The molecular formula is C10H9F4NO2. The van der Waals surface area contributed by atoms with Gasteiger partial charge in [-0.15, -0.1) is 0 Å². The number of hydrogen-bond donors (Lipinski definition) is 2. The van der Waals surface area contributed by atoms with E-state index in [1.54, 1.807) is 0 Å². The first kappa shape index (κ1) is 13.4. The molecule has 0 amide bonds. The SMILES string of the molecule is NC(CF)(C(=O)O)c1ccccc1C(F)(F)F. The first-order chi connectivity index (χ1) is 7.73. The highest BCUT2D eigenvalue weighted by atomic mass is 19.4. The molecule has 0 saturated carbocycles. The van der Waals surface area contributed by atoms with Crippen molar-refractivity contribution in [2.75, 3.05) is 6.67 Å². The summed E-state index contributed by atoms with van der Waals surface area (Å²) in [5, 5.41) is 8.74. The molecule has 17 heavy (non-hydrogen) atoms. The Kier molecular flexibility index (Phi) is 3.42. The van der Waals surface area contributed by atoms with E-state index in [-0.39, 0.29) is 0 Å². The largest absolute Gasteiger partial charge is 0.480 e. The molecule has 0 aliphatic heterocycles. The molecule has 1 rings (SSSR count). The van der Waals surface area contributed by atoms with Gasteiger partial charge in [-0.25, -0.2) is 9.18 Å². The molecule has 0 aliphatic carbocycles. The fourth-order valence-corrected chi connectivity index (χ4v) is 1.36. The van der Waals surface area contributed by atoms with Crippen molar-refractivity contribution in [1.29, 1.82) is 0 Å². The molecule has 0 bridgehead atoms. The summed E-state index contributed by atoms with van der Waals surface area (Å²) in [6, 6.07) is 3.77. The van der Waals surface area contributed by atoms with Crippen molar-refractivity contribution in [3.8, 4) is 0 Å². The van der Waals surface area contributed by atoms with E-state index >= 15 is 0 Å². The second-order valence-corrected chi connectivity index (χ2v) is 3.45. The van der Waals surface area contributed by atoms with Gasteiger partial charge in [0.25, 0.3) is 0 Å². The summed E-state index contributed by atoms with van der Waals surface area (Å²) in [5.74, 6) is -1.85. The van der Waals surface area contributed by atoms with Crippen molar-refractivity contribution < 1.29 is 27.5 Å². The van der Waals surface area contributed by atoms with Crippen LogP contribution < -0.4 is 5.73 Å². The van der Waals surface area contributed by atoms with E-state index in [9.17, 15) is 22.4 Å². The van der Waals surface area contributed by atoms with Crippen LogP contribution in [0.5, 0.6) is 0 Å². The fourth-order valence-electron chi connectivity index (χ4n) is 1.36. The Hall–Kier alpha value is -1.63. The predicted molar refractivity (Wildman–Crippen MR) is 50.9 cm³/mol. The Morgan fingerprint density at radius 1 is 1.24 bits per heavy atom. The second-order valence-electron chi connectivity index (χ2n) is 3.45. The number of carboxylic acids is 1. The Morgan fingerprint density at radius 2 is 1.71 bits per heavy atom. The summed E-state index contributed by atoms with van der Waals surface area (Å²) in [7, 11) is 0. The van der Waals surface area contributed by atoms with Crippen LogP contribution >= 0.6 is 0 Å². The number of rotatable bonds is 3. The van der Waals surface area contributed by atoms with E-state index in [2.05, 4.69) is 0 Å². The zero-order chi connectivity index (χ0) is 13.3. The number of benzene rings is 1. The van der Waals surface area contributed by atoms with Gasteiger partial charge in [-0.1, -0.05) is 18.2 Å². The molecule has 0 aromatic heterocycles. The lowest BCUT2D eigenvalue weighted by molar-refractivity contribution is -0.146. The van der Waals surface area contributed by atoms with Gasteiger partial charge in [0, 0.05) is 0 Å². The average Bonchev–Trinajstić information content (AvgIpc) is 2.26. The van der Waals surface area contributed by atoms with E-state index in [1.165, 1.54) is 6.07 Å². The summed E-state index contributed by atoms with van der Waals surface area (Å²) in [4.78, 5) is 10.8. The lowest BCUT2D eigenvalue weighted by Crippen LogP contribution is -2.48. The first-order valence-corrected chi connectivity index (χ1v) is 4.48. The molecule has 0 aliphatic rings. The van der Waals surface area contributed by atoms with Gasteiger partial charge in [-0.2, -0.15) is 13.2 Å². The maximum Gasteiger partial charge on any atom is 0.416 e. The Balaban J connectivity index is 3.46. The van der Waals surface area contributed by atoms with Crippen molar-refractivity contribution in [1.82, 2.24) is 0 Å². The zero-order valence-electron chi connectivity index (χ0n) is 8.46. The predicted octanol–water partition coefficient (Wildman–Crippen LogP) is 1.91. The van der Waals surface area contributed by atoms with Gasteiger partial charge in [0.05, 0.1) is 5.56 Å². The van der Waals surface area contributed by atoms with E-state index in [0.717, 1.165) is 12.1 Å². The summed E-state index contributed by atoms with van der Waals surface area (Å²) in [6.45, 7) is -1.63. The van der Waals surface area contributed by atoms with Crippen LogP contribution in [0.4, 0.5) is 17.6 Å². The third-order valence-corrected chi connectivity index (χ3v) is 2.31. The molecule has 1 atom stereocenters. The highest BCUT2D eigenvalue weighted by molar-refractivity contribution is 5.81. The number of halogens is 4. The van der Waals surface area contributed by atoms with Gasteiger partial charge in [0.1, 0.15) is 6.67 Å². The Morgan fingerprint density at radius 3 is 2.06 bits per heavy atom. The van der Waals surface area contributed by atoms with Crippen LogP contribution in [0.3, 0.4) is 0 Å². The summed E-state index contributed by atoms with van der Waals surface area (Å²) >= 11 is 0. The molecule has 1 unspecified atom stereocenters. The molecule has 3 nitrogen and oxygen atoms in total. The minimum atomic E-state index is -4.79. The molecule has 1 aromatic carbocycles. The molecular weight excluding hydrogens is 242 g/mol. The molecule has 94 valence electrons. The topological polar surface area (TPSA) is 63.3 Å². The molecule has 0 radical (unpaired) electrons. The fraction of sp³-hybridized carbons (Fsp3) is 0.300. The highest BCUT2D eigenvalue weighted by Crippen LogP contribution is 2.36. The van der Waals surface area contributed by atoms with Gasteiger partial charge in [-0.05, 0) is 11.6 Å². The molecule has 0 fully saturated rings. The number of nitrogens with two attached hydrogens (primary N) is 1. The molecule has 7 heteroatoms. The van der Waals surface area contributed by atoms with Crippen LogP contribution in [0.15, 0.2) is 24.3 Å². The van der Waals surface area contributed by atoms with Crippen molar-refractivity contribution in [2.24, 2.45) is 5.73 Å². The quantitative estimate of drug-likeness (QED) is 0.806. The van der Waals surface area contributed by atoms with E-state index in [1.807, 2.05) is 0 Å². The number of carboxylic acid groups (broad SMARTS) is 1. The van der Waals surface area contributed by atoms with Gasteiger partial charge in [0.2, 0.25) is 0 Å². The normalized spacial score (nSPS) is 15.4. The molecule has 1 aromatic rings. The van der Waals surface area contributed by atoms with Crippen LogP contribution in [-0.2, 0) is 16.5 Å². The molecule has 0 spiro atoms. The standard InChI is InChI=1S/C10H9F4NO2/c11-5-9(15,8(16)17)6-3-1-2-4-7(6)10(12,13)14/h1-4H,5,15H2,(H,16,17). The van der Waals surface area contributed by atoms with Crippen LogP contribution in [0.25, 0.3) is 0 Å². The van der Waals surface area contributed by atoms with E-state index < -0.39 is 35.5 Å². The van der Waals surface area contributed by atoms with Crippen molar-refractivity contribution in [3.05, 3.63) is 35.4 Å². The van der Waals surface area contributed by atoms with Crippen molar-refractivity contribution >= 4 is 5.97 Å². The third-order valence-electron chi connectivity index (χ3n) is 2.31. The van der Waals surface area contributed by atoms with Crippen molar-refractivity contribution in [2.45, 2.75) is 11.7 Å². The second kappa shape index (κ2) is 4.33. The lowest BCUT2D eigenvalue weighted by Gasteiger charge is -2.25. The Bertz CT molecular complexity index is 433. The minimum Gasteiger partial charge on any atom is -0.480 e. The smallest absolute Gasteiger partial charge is 0.416 e. The van der Waals surface area contributed by atoms with E-state index in [4.69, 9.17) is 10.8 Å². The average molecular weight is 251 g/mol. The molecule has 0 saturated heterocycles. The van der Waals surface area contributed by atoms with Crippen LogP contribution in [0, 0.1) is 0 Å². The van der Waals surface area contributed by atoms with Gasteiger partial charge >= 0.3 is 12.1 Å². The summed E-state index contributed by atoms with van der Waals surface area (Å²) in [5.41, 5.74) is 0.459. The monoisotopic (exact) mass is 251 g/mol. The number of hydrogen-bond acceptors (Lipinski definition) is 2. The maximum absolute atomic E-state index is 12.7. The van der Waals surface area contributed by atoms with Gasteiger partial charge in [-0.3, -0.25) is 0 Å². The lowest BCUT2D eigenvalue weighted by atomic mass is 9.88. The van der Waals surface area contributed by atoms with Crippen LogP contribution in [0.1, 0.15) is 11.1 Å². The minimum absolute atomic E-state index is 0.662. The molecule has 0 heterocycles. The highest BCUT2D eigenvalue weighted by Gasteiger charge is 2.44. The third kappa shape index (κ3) is 2.38. The zero-order valence-corrected chi connectivity index (χ0v) is 8.46. The molecule has 3 N–H and O–H groups in total. The van der Waals surface area contributed by atoms with Crippen LogP contribution in [0.2, 0.25) is 0 Å². The maximum atomic E-state index is 12.7. The van der Waals surface area contributed by atoms with E-state index in [0.29, 0.717) is 6.07 Å².